The Morgan fingerprint density at radius 2 is 2.17 bits per heavy atom. The molecule has 7 heteroatoms. The van der Waals surface area contributed by atoms with Crippen LogP contribution in [0, 0.1) is 0 Å². The van der Waals surface area contributed by atoms with Crippen LogP contribution < -0.4 is 0 Å². The highest BCUT2D eigenvalue weighted by Gasteiger charge is 2.31. The zero-order valence-electron chi connectivity index (χ0n) is 13.5. The van der Waals surface area contributed by atoms with Crippen LogP contribution in [0.2, 0.25) is 0 Å². The number of nitrogens with zero attached hydrogens (tertiary/aromatic N) is 4. The summed E-state index contributed by atoms with van der Waals surface area (Å²) in [6, 6.07) is 0.332. The van der Waals surface area contributed by atoms with Crippen molar-refractivity contribution in [2.24, 2.45) is 0 Å². The summed E-state index contributed by atoms with van der Waals surface area (Å²) in [6.07, 6.45) is 7.09. The summed E-state index contributed by atoms with van der Waals surface area (Å²) in [5.41, 5.74) is 2.62. The molecule has 0 radical (unpaired) electrons. The van der Waals surface area contributed by atoms with Crippen LogP contribution in [0.4, 0.5) is 0 Å². The topological polar surface area (TPSA) is 80.1 Å². The number of hydrogen-bond donors (Lipinski definition) is 1. The minimum absolute atomic E-state index is 0.332. The standard InChI is InChI=1S/C16H23N5O2/c1-22-10-14-19-15(23-20-14)9-21-8-4-7-13(21)16-17-11-5-2-3-6-12(11)18-16/h13H,2-10H2,1H3,(H,17,18). The van der Waals surface area contributed by atoms with E-state index in [9.17, 15) is 0 Å². The molecule has 3 heterocycles. The van der Waals surface area contributed by atoms with E-state index in [4.69, 9.17) is 14.2 Å². The molecule has 7 nitrogen and oxygen atoms in total. The van der Waals surface area contributed by atoms with Crippen molar-refractivity contribution in [1.82, 2.24) is 25.0 Å². The molecule has 1 fully saturated rings. The van der Waals surface area contributed by atoms with E-state index in [-0.39, 0.29) is 0 Å². The average Bonchev–Trinajstić information content (AvgIpc) is 3.27. The molecule has 0 spiro atoms. The number of fused-ring (bicyclic) bond motifs is 1. The molecule has 0 amide bonds. The molecule has 1 aliphatic carbocycles. The molecule has 1 N–H and O–H groups in total. The Labute approximate surface area is 135 Å². The molecule has 0 aromatic carbocycles. The van der Waals surface area contributed by atoms with Crippen LogP contribution in [0.3, 0.4) is 0 Å². The highest BCUT2D eigenvalue weighted by atomic mass is 16.5. The van der Waals surface area contributed by atoms with Gasteiger partial charge in [-0.05, 0) is 45.1 Å². The predicted molar refractivity (Wildman–Crippen MR) is 82.6 cm³/mol. The van der Waals surface area contributed by atoms with E-state index < -0.39 is 0 Å². The van der Waals surface area contributed by atoms with Gasteiger partial charge in [-0.2, -0.15) is 4.98 Å². The summed E-state index contributed by atoms with van der Waals surface area (Å²) in [6.45, 7) is 2.10. The molecule has 0 saturated carbocycles. The van der Waals surface area contributed by atoms with Crippen molar-refractivity contribution in [2.75, 3.05) is 13.7 Å². The first kappa shape index (κ1) is 14.8. The highest BCUT2D eigenvalue weighted by Crippen LogP contribution is 2.33. The van der Waals surface area contributed by atoms with Gasteiger partial charge in [0.2, 0.25) is 5.89 Å². The quantitative estimate of drug-likeness (QED) is 0.910. The molecule has 1 atom stereocenters. The number of likely N-dealkylation sites (tertiary alicyclic amines) is 1. The van der Waals surface area contributed by atoms with Gasteiger partial charge in [0.15, 0.2) is 5.82 Å². The van der Waals surface area contributed by atoms with Gasteiger partial charge in [0, 0.05) is 12.8 Å². The Bertz CT molecular complexity index is 642. The molecule has 124 valence electrons. The molecular weight excluding hydrogens is 294 g/mol. The second-order valence-electron chi connectivity index (χ2n) is 6.42. The van der Waals surface area contributed by atoms with Gasteiger partial charge in [0.1, 0.15) is 12.4 Å². The lowest BCUT2D eigenvalue weighted by molar-refractivity contribution is 0.174. The second-order valence-corrected chi connectivity index (χ2v) is 6.42. The normalized spacial score (nSPS) is 21.7. The lowest BCUT2D eigenvalue weighted by Crippen LogP contribution is -2.23. The zero-order valence-corrected chi connectivity index (χ0v) is 13.5. The van der Waals surface area contributed by atoms with Crippen LogP contribution in [-0.2, 0) is 30.7 Å². The van der Waals surface area contributed by atoms with Crippen LogP contribution in [0.25, 0.3) is 0 Å². The smallest absolute Gasteiger partial charge is 0.240 e. The van der Waals surface area contributed by atoms with Crippen molar-refractivity contribution >= 4 is 0 Å². The Balaban J connectivity index is 1.48. The number of rotatable bonds is 5. The third-order valence-electron chi connectivity index (χ3n) is 4.77. The highest BCUT2D eigenvalue weighted by molar-refractivity contribution is 5.19. The Morgan fingerprint density at radius 3 is 3.04 bits per heavy atom. The summed E-state index contributed by atoms with van der Waals surface area (Å²) >= 11 is 0. The van der Waals surface area contributed by atoms with Crippen LogP contribution in [0.5, 0.6) is 0 Å². The summed E-state index contributed by atoms with van der Waals surface area (Å²) in [5.74, 6) is 2.37. The first-order valence-corrected chi connectivity index (χ1v) is 8.45. The molecule has 2 aromatic heterocycles. The zero-order chi connectivity index (χ0) is 15.6. The van der Waals surface area contributed by atoms with Crippen LogP contribution >= 0.6 is 0 Å². The molecule has 23 heavy (non-hydrogen) atoms. The maximum absolute atomic E-state index is 5.33. The van der Waals surface area contributed by atoms with Crippen molar-refractivity contribution < 1.29 is 9.26 Å². The molecule has 1 aliphatic heterocycles. The van der Waals surface area contributed by atoms with E-state index in [0.29, 0.717) is 30.9 Å². The first-order valence-electron chi connectivity index (χ1n) is 8.45. The fraction of sp³-hybridized carbons (Fsp3) is 0.688. The summed E-state index contributed by atoms with van der Waals surface area (Å²) in [4.78, 5) is 15.2. The molecule has 4 rings (SSSR count). The van der Waals surface area contributed by atoms with Crippen molar-refractivity contribution in [1.29, 1.82) is 0 Å². The third-order valence-corrected chi connectivity index (χ3v) is 4.77. The summed E-state index contributed by atoms with van der Waals surface area (Å²) in [5, 5.41) is 3.94. The molecule has 1 unspecified atom stereocenters. The number of aromatic amines is 1. The summed E-state index contributed by atoms with van der Waals surface area (Å²) in [7, 11) is 1.63. The van der Waals surface area contributed by atoms with Crippen molar-refractivity contribution in [3.63, 3.8) is 0 Å². The molecule has 1 saturated heterocycles. The van der Waals surface area contributed by atoms with Gasteiger partial charge >= 0.3 is 0 Å². The van der Waals surface area contributed by atoms with E-state index in [0.717, 1.165) is 31.6 Å². The Kier molecular flexibility index (Phi) is 4.13. The lowest BCUT2D eigenvalue weighted by Gasteiger charge is -2.20. The average molecular weight is 317 g/mol. The SMILES string of the molecule is COCc1noc(CN2CCCC2c2nc3c([nH]2)CCCC3)n1. The van der Waals surface area contributed by atoms with E-state index in [1.807, 2.05) is 0 Å². The number of hydrogen-bond acceptors (Lipinski definition) is 6. The maximum atomic E-state index is 5.33. The van der Waals surface area contributed by atoms with Crippen molar-refractivity contribution in [3.05, 3.63) is 28.9 Å². The van der Waals surface area contributed by atoms with Crippen molar-refractivity contribution in [3.8, 4) is 0 Å². The van der Waals surface area contributed by atoms with E-state index >= 15 is 0 Å². The molecule has 2 aromatic rings. The van der Waals surface area contributed by atoms with Gasteiger partial charge in [0.05, 0.1) is 18.3 Å². The maximum Gasteiger partial charge on any atom is 0.240 e. The van der Waals surface area contributed by atoms with Gasteiger partial charge in [-0.25, -0.2) is 4.98 Å². The Hall–Kier alpha value is -1.73. The van der Waals surface area contributed by atoms with Gasteiger partial charge in [-0.3, -0.25) is 4.90 Å². The monoisotopic (exact) mass is 317 g/mol. The number of aryl methyl sites for hydroxylation is 2. The molecule has 0 bridgehead atoms. The number of methoxy groups -OCH3 is 1. The predicted octanol–water partition coefficient (Wildman–Crippen LogP) is 2.16. The largest absolute Gasteiger partial charge is 0.377 e. The van der Waals surface area contributed by atoms with Crippen LogP contribution in [0.15, 0.2) is 4.52 Å². The number of nitrogens with one attached hydrogen (secondary N) is 1. The number of H-pyrrole nitrogens is 1. The van der Waals surface area contributed by atoms with E-state index in [1.54, 1.807) is 7.11 Å². The van der Waals surface area contributed by atoms with Gasteiger partial charge in [-0.15, -0.1) is 0 Å². The fourth-order valence-corrected chi connectivity index (χ4v) is 3.67. The Morgan fingerprint density at radius 1 is 1.26 bits per heavy atom. The molecule has 2 aliphatic rings. The second kappa shape index (κ2) is 6.41. The first-order chi connectivity index (χ1) is 11.3. The van der Waals surface area contributed by atoms with Crippen LogP contribution in [0.1, 0.15) is 60.7 Å². The van der Waals surface area contributed by atoms with Gasteiger partial charge in [0.25, 0.3) is 0 Å². The van der Waals surface area contributed by atoms with Crippen molar-refractivity contribution in [2.45, 2.75) is 57.7 Å². The van der Waals surface area contributed by atoms with Gasteiger partial charge in [-0.1, -0.05) is 5.16 Å². The summed E-state index contributed by atoms with van der Waals surface area (Å²) < 4.78 is 10.4. The minimum Gasteiger partial charge on any atom is -0.377 e. The third kappa shape index (κ3) is 3.03. The van der Waals surface area contributed by atoms with Gasteiger partial charge < -0.3 is 14.2 Å². The molecular formula is C16H23N5O2. The number of aromatic nitrogens is 4. The van der Waals surface area contributed by atoms with E-state index in [1.165, 1.54) is 30.7 Å². The number of ether oxygens (including phenoxy) is 1. The fourth-order valence-electron chi connectivity index (χ4n) is 3.67. The van der Waals surface area contributed by atoms with E-state index in [2.05, 4.69) is 20.0 Å². The minimum atomic E-state index is 0.332. The van der Waals surface area contributed by atoms with Crippen LogP contribution in [-0.4, -0.2) is 38.7 Å². The lowest BCUT2D eigenvalue weighted by atomic mass is 10.0. The number of imidazole rings is 1.